The topological polar surface area (TPSA) is 50.8 Å². The predicted octanol–water partition coefficient (Wildman–Crippen LogP) is 3.57. The zero-order valence-corrected chi connectivity index (χ0v) is 20.4. The van der Waals surface area contributed by atoms with E-state index in [4.69, 9.17) is 10.1 Å². The third-order valence-corrected chi connectivity index (χ3v) is 7.28. The van der Waals surface area contributed by atoms with Crippen molar-refractivity contribution in [2.75, 3.05) is 31.1 Å². The Morgan fingerprint density at radius 3 is 2.44 bits per heavy atom. The number of benzene rings is 2. The molecule has 4 heterocycles. The predicted molar refractivity (Wildman–Crippen MR) is 138 cm³/mol. The van der Waals surface area contributed by atoms with Crippen molar-refractivity contribution < 1.29 is 4.90 Å². The molecule has 1 aliphatic rings. The van der Waals surface area contributed by atoms with E-state index >= 15 is 0 Å². The Balaban J connectivity index is 1.29. The minimum absolute atomic E-state index is 0.785. The average molecular weight is 452 g/mol. The summed E-state index contributed by atoms with van der Waals surface area (Å²) in [4.78, 5) is 13.6. The molecule has 3 aromatic heterocycles. The number of hydrogen-bond donors (Lipinski definition) is 1. The Bertz CT molecular complexity index is 1540. The van der Waals surface area contributed by atoms with Crippen molar-refractivity contribution in [3.8, 4) is 0 Å². The first kappa shape index (κ1) is 21.1. The molecule has 6 nitrogen and oxygen atoms in total. The third-order valence-electron chi connectivity index (χ3n) is 7.28. The number of rotatable bonds is 3. The Morgan fingerprint density at radius 2 is 1.62 bits per heavy atom. The highest BCUT2D eigenvalue weighted by molar-refractivity contribution is 5.93. The second-order valence-corrected chi connectivity index (χ2v) is 9.77. The molecular formula is C28H31N6+. The Hall–Kier alpha value is -3.51. The number of fused-ring (bicyclic) bond motifs is 4. The molecule has 172 valence electrons. The maximum Gasteiger partial charge on any atom is 0.184 e. The molecule has 0 spiro atoms. The molecule has 0 amide bonds. The summed E-state index contributed by atoms with van der Waals surface area (Å²) >= 11 is 0. The fourth-order valence-electron chi connectivity index (χ4n) is 5.51. The maximum atomic E-state index is 4.88. The second-order valence-electron chi connectivity index (χ2n) is 9.77. The van der Waals surface area contributed by atoms with Gasteiger partial charge in [0.2, 0.25) is 0 Å². The highest BCUT2D eigenvalue weighted by Gasteiger charge is 2.25. The molecule has 1 N–H and O–H groups in total. The van der Waals surface area contributed by atoms with Crippen molar-refractivity contribution in [3.63, 3.8) is 0 Å². The Labute approximate surface area is 199 Å². The quantitative estimate of drug-likeness (QED) is 0.456. The Morgan fingerprint density at radius 1 is 0.853 bits per heavy atom. The van der Waals surface area contributed by atoms with Gasteiger partial charge in [-0.1, -0.05) is 36.4 Å². The molecular weight excluding hydrogens is 420 g/mol. The summed E-state index contributed by atoms with van der Waals surface area (Å²) in [6.45, 7) is 13.7. The summed E-state index contributed by atoms with van der Waals surface area (Å²) < 4.78 is 2.01. The van der Waals surface area contributed by atoms with Gasteiger partial charge >= 0.3 is 0 Å². The molecule has 6 rings (SSSR count). The van der Waals surface area contributed by atoms with Crippen LogP contribution >= 0.6 is 0 Å². The van der Waals surface area contributed by atoms with E-state index in [0.29, 0.717) is 0 Å². The van der Waals surface area contributed by atoms with E-state index in [9.17, 15) is 0 Å². The van der Waals surface area contributed by atoms with Crippen molar-refractivity contribution in [3.05, 3.63) is 76.6 Å². The van der Waals surface area contributed by atoms with Crippen LogP contribution in [-0.4, -0.2) is 45.8 Å². The van der Waals surface area contributed by atoms with Crippen molar-refractivity contribution in [1.29, 1.82) is 0 Å². The number of anilines is 1. The van der Waals surface area contributed by atoms with Gasteiger partial charge in [0.1, 0.15) is 12.4 Å². The molecule has 1 fully saturated rings. The zero-order chi connectivity index (χ0) is 23.4. The first-order valence-corrected chi connectivity index (χ1v) is 12.2. The van der Waals surface area contributed by atoms with E-state index in [-0.39, 0.29) is 0 Å². The molecule has 0 atom stereocenters. The number of piperazine rings is 1. The molecule has 6 heteroatoms. The van der Waals surface area contributed by atoms with Crippen molar-refractivity contribution in [2.45, 2.75) is 34.2 Å². The maximum absolute atomic E-state index is 4.88. The minimum atomic E-state index is 0.785. The molecule has 0 unspecified atom stereocenters. The van der Waals surface area contributed by atoms with Crippen LogP contribution in [0.4, 0.5) is 5.82 Å². The van der Waals surface area contributed by atoms with Crippen LogP contribution in [0.3, 0.4) is 0 Å². The summed E-state index contributed by atoms with van der Waals surface area (Å²) in [6.07, 6.45) is 0. The van der Waals surface area contributed by atoms with Crippen molar-refractivity contribution in [1.82, 2.24) is 19.6 Å². The van der Waals surface area contributed by atoms with Gasteiger partial charge in [0.25, 0.3) is 0 Å². The lowest BCUT2D eigenvalue weighted by molar-refractivity contribution is -0.914. The van der Waals surface area contributed by atoms with Gasteiger partial charge in [0.05, 0.1) is 31.6 Å². The standard InChI is InChI=1S/C28H30N6/c1-18-9-10-22-7-5-6-8-23(22)24(18)17-32-11-13-33(14-12-32)25-16-21(4)30-28-26-19(2)15-20(3)29-27(26)31-34(25)28/h5-10,15-16H,11-14,17H2,1-4H3/p+1. The van der Waals surface area contributed by atoms with Crippen molar-refractivity contribution >= 4 is 33.3 Å². The number of aromatic nitrogens is 4. The summed E-state index contributed by atoms with van der Waals surface area (Å²) in [6, 6.07) is 17.6. The van der Waals surface area contributed by atoms with Gasteiger partial charge in [-0.3, -0.25) is 0 Å². The first-order chi connectivity index (χ1) is 16.5. The average Bonchev–Trinajstić information content (AvgIpc) is 3.19. The van der Waals surface area contributed by atoms with Gasteiger partial charge < -0.3 is 9.80 Å². The first-order valence-electron chi connectivity index (χ1n) is 12.2. The van der Waals surface area contributed by atoms with E-state index in [1.54, 1.807) is 4.90 Å². The van der Waals surface area contributed by atoms with Crippen LogP contribution in [0, 0.1) is 27.7 Å². The molecule has 0 aliphatic carbocycles. The highest BCUT2D eigenvalue weighted by Crippen LogP contribution is 2.26. The fraction of sp³-hybridized carbons (Fsp3) is 0.321. The van der Waals surface area contributed by atoms with Crippen LogP contribution in [-0.2, 0) is 6.54 Å². The summed E-state index contributed by atoms with van der Waals surface area (Å²) in [5.41, 5.74) is 7.77. The molecule has 0 saturated carbocycles. The van der Waals surface area contributed by atoms with Crippen molar-refractivity contribution in [2.24, 2.45) is 0 Å². The lowest BCUT2D eigenvalue weighted by Crippen LogP contribution is -3.13. The Kier molecular flexibility index (Phi) is 4.99. The lowest BCUT2D eigenvalue weighted by Gasteiger charge is -2.34. The summed E-state index contributed by atoms with van der Waals surface area (Å²) in [7, 11) is 0. The zero-order valence-electron chi connectivity index (χ0n) is 20.4. The van der Waals surface area contributed by atoms with Gasteiger partial charge in [-0.25, -0.2) is 9.97 Å². The number of pyridine rings is 1. The van der Waals surface area contributed by atoms with E-state index in [1.807, 2.05) is 11.4 Å². The van der Waals surface area contributed by atoms with Gasteiger partial charge in [0, 0.05) is 23.0 Å². The van der Waals surface area contributed by atoms with Crippen LogP contribution in [0.25, 0.3) is 27.5 Å². The number of nitrogens with zero attached hydrogens (tertiary/aromatic N) is 5. The van der Waals surface area contributed by atoms with Gasteiger partial charge in [-0.05, 0) is 55.7 Å². The van der Waals surface area contributed by atoms with E-state index in [1.165, 1.54) is 27.5 Å². The molecule has 1 saturated heterocycles. The molecule has 0 radical (unpaired) electrons. The highest BCUT2D eigenvalue weighted by atomic mass is 15.4. The smallest absolute Gasteiger partial charge is 0.184 e. The number of aryl methyl sites for hydroxylation is 4. The molecule has 5 aromatic rings. The number of nitrogens with one attached hydrogen (secondary N) is 1. The van der Waals surface area contributed by atoms with Gasteiger partial charge in [-0.15, -0.1) is 5.10 Å². The lowest BCUT2D eigenvalue weighted by atomic mass is 9.99. The van der Waals surface area contributed by atoms with Gasteiger partial charge in [-0.2, -0.15) is 4.52 Å². The van der Waals surface area contributed by atoms with E-state index in [2.05, 4.69) is 79.2 Å². The molecule has 34 heavy (non-hydrogen) atoms. The van der Waals surface area contributed by atoms with Gasteiger partial charge in [0.15, 0.2) is 11.3 Å². The fourth-order valence-corrected chi connectivity index (χ4v) is 5.51. The summed E-state index contributed by atoms with van der Waals surface area (Å²) in [5.74, 6) is 1.12. The summed E-state index contributed by atoms with van der Waals surface area (Å²) in [5, 5.41) is 8.67. The third kappa shape index (κ3) is 3.49. The van der Waals surface area contributed by atoms with Crippen LogP contribution in [0.5, 0.6) is 0 Å². The van der Waals surface area contributed by atoms with E-state index < -0.39 is 0 Å². The number of hydrogen-bond acceptors (Lipinski definition) is 4. The largest absolute Gasteiger partial charge is 0.345 e. The second kappa shape index (κ2) is 8.06. The van der Waals surface area contributed by atoms with E-state index in [0.717, 1.165) is 66.6 Å². The molecule has 1 aliphatic heterocycles. The molecule has 0 bridgehead atoms. The van der Waals surface area contributed by atoms with Crippen LogP contribution in [0.15, 0.2) is 48.5 Å². The normalized spacial score (nSPS) is 15.1. The monoisotopic (exact) mass is 451 g/mol. The van der Waals surface area contributed by atoms with Crippen LogP contribution < -0.4 is 9.80 Å². The van der Waals surface area contributed by atoms with Crippen LogP contribution in [0.2, 0.25) is 0 Å². The van der Waals surface area contributed by atoms with Crippen LogP contribution in [0.1, 0.15) is 28.1 Å². The minimum Gasteiger partial charge on any atom is -0.345 e. The SMILES string of the molecule is Cc1cc(C)c2c(n1)nn1c(N3CC[NH+](Cc4c(C)ccc5ccccc45)CC3)cc(C)nc21. The number of quaternary nitrogens is 1. The molecule has 2 aromatic carbocycles.